The number of carbonyl (C=O) groups is 2. The van der Waals surface area contributed by atoms with Gasteiger partial charge in [-0.15, -0.1) is 0 Å². The molecule has 1 aliphatic rings. The van der Waals surface area contributed by atoms with E-state index in [2.05, 4.69) is 10.6 Å². The number of halogens is 2. The van der Waals surface area contributed by atoms with E-state index in [0.717, 1.165) is 49.9 Å². The highest BCUT2D eigenvalue weighted by atomic mass is 35.5. The minimum atomic E-state index is -0.598. The number of nitrogens with one attached hydrogen (secondary N) is 4. The molecule has 8 heteroatoms. The molecule has 1 aromatic carbocycles. The van der Waals surface area contributed by atoms with Gasteiger partial charge in [0.05, 0.1) is 18.1 Å². The molecule has 0 atom stereocenters. The van der Waals surface area contributed by atoms with Crippen LogP contribution in [0.25, 0.3) is 0 Å². The third-order valence-corrected chi connectivity index (χ3v) is 4.90. The zero-order valence-electron chi connectivity index (χ0n) is 13.8. The Labute approximate surface area is 152 Å². The van der Waals surface area contributed by atoms with Gasteiger partial charge in [-0.2, -0.15) is 0 Å². The van der Waals surface area contributed by atoms with Crippen LogP contribution in [0.15, 0.2) is 18.2 Å². The fourth-order valence-electron chi connectivity index (χ4n) is 2.86. The Morgan fingerprint density at radius 3 is 2.38 bits per heavy atom. The number of piperazine rings is 1. The van der Waals surface area contributed by atoms with E-state index in [4.69, 9.17) is 23.2 Å². The molecule has 132 valence electrons. The van der Waals surface area contributed by atoms with Crippen molar-refractivity contribution in [1.82, 2.24) is 10.6 Å². The summed E-state index contributed by atoms with van der Waals surface area (Å²) in [5.41, 5.74) is 1.12. The molecule has 0 aliphatic carbocycles. The van der Waals surface area contributed by atoms with Crippen LogP contribution in [0.5, 0.6) is 0 Å². The van der Waals surface area contributed by atoms with Gasteiger partial charge in [0.25, 0.3) is 0 Å². The summed E-state index contributed by atoms with van der Waals surface area (Å²) in [6.45, 7) is 6.43. The van der Waals surface area contributed by atoms with Gasteiger partial charge in [0.15, 0.2) is 0 Å². The van der Waals surface area contributed by atoms with Crippen LogP contribution in [0.4, 0.5) is 0 Å². The minimum Gasteiger partial charge on any atom is -0.351 e. The minimum absolute atomic E-state index is 0.514. The Morgan fingerprint density at radius 2 is 1.75 bits per heavy atom. The summed E-state index contributed by atoms with van der Waals surface area (Å²) in [7, 11) is 1.45. The van der Waals surface area contributed by atoms with Crippen molar-refractivity contribution in [2.45, 2.75) is 6.54 Å². The van der Waals surface area contributed by atoms with Gasteiger partial charge in [-0.3, -0.25) is 9.59 Å². The molecule has 1 aromatic rings. The van der Waals surface area contributed by atoms with Crippen molar-refractivity contribution in [3.05, 3.63) is 33.8 Å². The molecule has 1 heterocycles. The lowest BCUT2D eigenvalue weighted by molar-refractivity contribution is -1.02. The number of likely N-dealkylation sites (N-methyl/N-ethyl adjacent to an activating group) is 1. The SMILES string of the molecule is CNC(=O)C(=O)NCC[NH+]1CC[NH+](Cc2ccc(Cl)cc2Cl)CC1. The Bertz CT molecular complexity index is 589. The first-order chi connectivity index (χ1) is 11.5. The molecule has 1 fully saturated rings. The van der Waals surface area contributed by atoms with E-state index in [-0.39, 0.29) is 0 Å². The van der Waals surface area contributed by atoms with Gasteiger partial charge >= 0.3 is 11.8 Å². The first kappa shape index (κ1) is 19.0. The predicted octanol–water partition coefficient (Wildman–Crippen LogP) is -1.86. The summed E-state index contributed by atoms with van der Waals surface area (Å²) in [4.78, 5) is 25.4. The van der Waals surface area contributed by atoms with Crippen LogP contribution in [-0.2, 0) is 16.1 Å². The molecule has 2 amide bonds. The summed E-state index contributed by atoms with van der Waals surface area (Å²) >= 11 is 12.2. The Kier molecular flexibility index (Phi) is 7.30. The maximum Gasteiger partial charge on any atom is 0.309 e. The highest BCUT2D eigenvalue weighted by Crippen LogP contribution is 2.20. The number of amides is 2. The summed E-state index contributed by atoms with van der Waals surface area (Å²) in [5, 5.41) is 6.33. The van der Waals surface area contributed by atoms with E-state index in [1.54, 1.807) is 6.07 Å². The lowest BCUT2D eigenvalue weighted by atomic mass is 10.2. The smallest absolute Gasteiger partial charge is 0.309 e. The van der Waals surface area contributed by atoms with Crippen molar-refractivity contribution in [3.8, 4) is 0 Å². The van der Waals surface area contributed by atoms with E-state index in [1.165, 1.54) is 16.8 Å². The molecule has 1 aliphatic heterocycles. The van der Waals surface area contributed by atoms with Crippen LogP contribution in [-0.4, -0.2) is 58.1 Å². The molecular formula is C16H24Cl2N4O2+2. The maximum absolute atomic E-state index is 11.4. The second kappa shape index (κ2) is 9.22. The molecule has 6 nitrogen and oxygen atoms in total. The highest BCUT2D eigenvalue weighted by molar-refractivity contribution is 6.35. The first-order valence-electron chi connectivity index (χ1n) is 8.10. The lowest BCUT2D eigenvalue weighted by Gasteiger charge is -2.30. The molecule has 0 aromatic heterocycles. The van der Waals surface area contributed by atoms with E-state index in [1.807, 2.05) is 12.1 Å². The molecule has 4 N–H and O–H groups in total. The van der Waals surface area contributed by atoms with Gasteiger partial charge in [-0.25, -0.2) is 0 Å². The van der Waals surface area contributed by atoms with E-state index >= 15 is 0 Å². The van der Waals surface area contributed by atoms with E-state index < -0.39 is 11.8 Å². The second-order valence-electron chi connectivity index (χ2n) is 6.00. The first-order valence-corrected chi connectivity index (χ1v) is 8.86. The number of benzene rings is 1. The average Bonchev–Trinajstić information content (AvgIpc) is 2.58. The molecule has 0 saturated carbocycles. The molecular weight excluding hydrogens is 351 g/mol. The summed E-state index contributed by atoms with van der Waals surface area (Å²) < 4.78 is 0. The molecule has 0 spiro atoms. The molecule has 2 rings (SSSR count). The van der Waals surface area contributed by atoms with Crippen molar-refractivity contribution in [1.29, 1.82) is 0 Å². The second-order valence-corrected chi connectivity index (χ2v) is 6.84. The average molecular weight is 375 g/mol. The maximum atomic E-state index is 11.4. The van der Waals surface area contributed by atoms with Crippen LogP contribution in [0.1, 0.15) is 5.56 Å². The molecule has 0 unspecified atom stereocenters. The zero-order valence-corrected chi connectivity index (χ0v) is 15.3. The van der Waals surface area contributed by atoms with Gasteiger partial charge in [0.2, 0.25) is 0 Å². The van der Waals surface area contributed by atoms with Crippen molar-refractivity contribution < 1.29 is 19.4 Å². The lowest BCUT2D eigenvalue weighted by Crippen LogP contribution is -3.27. The predicted molar refractivity (Wildman–Crippen MR) is 93.5 cm³/mol. The summed E-state index contributed by atoms with van der Waals surface area (Å²) in [6.07, 6.45) is 0. The van der Waals surface area contributed by atoms with E-state index in [9.17, 15) is 9.59 Å². The largest absolute Gasteiger partial charge is 0.351 e. The number of carbonyl (C=O) groups excluding carboxylic acids is 2. The number of hydrogen-bond donors (Lipinski definition) is 4. The normalized spacial score (nSPS) is 20.5. The molecule has 0 bridgehead atoms. The van der Waals surface area contributed by atoms with Gasteiger partial charge < -0.3 is 20.4 Å². The van der Waals surface area contributed by atoms with Crippen molar-refractivity contribution in [2.75, 3.05) is 46.3 Å². The Balaban J connectivity index is 1.70. The van der Waals surface area contributed by atoms with Crippen LogP contribution < -0.4 is 20.4 Å². The summed E-state index contributed by atoms with van der Waals surface area (Å²) in [6, 6.07) is 5.65. The highest BCUT2D eigenvalue weighted by Gasteiger charge is 2.23. The van der Waals surface area contributed by atoms with Crippen LogP contribution in [0.3, 0.4) is 0 Å². The quantitative estimate of drug-likeness (QED) is 0.456. The van der Waals surface area contributed by atoms with Crippen LogP contribution >= 0.6 is 23.2 Å². The Morgan fingerprint density at radius 1 is 1.08 bits per heavy atom. The van der Waals surface area contributed by atoms with Gasteiger partial charge in [-0.05, 0) is 12.1 Å². The molecule has 1 saturated heterocycles. The monoisotopic (exact) mass is 374 g/mol. The molecule has 24 heavy (non-hydrogen) atoms. The van der Waals surface area contributed by atoms with Gasteiger partial charge in [0.1, 0.15) is 32.7 Å². The Hall–Kier alpha value is -1.34. The van der Waals surface area contributed by atoms with Crippen molar-refractivity contribution in [3.63, 3.8) is 0 Å². The standard InChI is InChI=1S/C16H22Cl2N4O2/c1-19-15(23)16(24)20-4-5-21-6-8-22(9-7-21)11-12-2-3-13(17)10-14(12)18/h2-3,10H,4-9,11H2,1H3,(H,19,23)(H,20,24)/p+2. The van der Waals surface area contributed by atoms with Crippen molar-refractivity contribution in [2.24, 2.45) is 0 Å². The van der Waals surface area contributed by atoms with Crippen molar-refractivity contribution >= 4 is 35.0 Å². The zero-order chi connectivity index (χ0) is 17.5. The van der Waals surface area contributed by atoms with E-state index in [0.29, 0.717) is 11.6 Å². The van der Waals surface area contributed by atoms with Gasteiger partial charge in [-0.1, -0.05) is 29.3 Å². The third kappa shape index (κ3) is 5.63. The molecule has 0 radical (unpaired) electrons. The number of hydrogen-bond acceptors (Lipinski definition) is 2. The number of rotatable bonds is 5. The van der Waals surface area contributed by atoms with Crippen LogP contribution in [0.2, 0.25) is 10.0 Å². The fraction of sp³-hybridized carbons (Fsp3) is 0.500. The topological polar surface area (TPSA) is 67.1 Å². The van der Waals surface area contributed by atoms with Crippen LogP contribution in [0, 0.1) is 0 Å². The van der Waals surface area contributed by atoms with Gasteiger partial charge in [0, 0.05) is 17.6 Å². The summed E-state index contributed by atoms with van der Waals surface area (Å²) in [5.74, 6) is -1.17. The third-order valence-electron chi connectivity index (χ3n) is 4.32. The fourth-order valence-corrected chi connectivity index (χ4v) is 3.34. The number of quaternary nitrogens is 2.